The van der Waals surface area contributed by atoms with E-state index in [2.05, 4.69) is 5.32 Å². The highest BCUT2D eigenvalue weighted by atomic mass is 16.5. The Kier molecular flexibility index (Phi) is 7.21. The second-order valence-electron chi connectivity index (χ2n) is 4.41. The summed E-state index contributed by atoms with van der Waals surface area (Å²) in [6, 6.07) is 4.46. The van der Waals surface area contributed by atoms with Crippen molar-refractivity contribution in [1.29, 1.82) is 5.26 Å². The van der Waals surface area contributed by atoms with Crippen LogP contribution in [0.1, 0.15) is 18.5 Å². The molecule has 0 saturated carbocycles. The van der Waals surface area contributed by atoms with E-state index in [-0.39, 0.29) is 5.91 Å². The van der Waals surface area contributed by atoms with Crippen molar-refractivity contribution in [2.45, 2.75) is 13.0 Å². The number of rotatable bonds is 7. The molecule has 0 aliphatic rings. The SMILES string of the molecule is C/C=C/C=C\C(=O)N[C@@H](C#N)c1cc(OC)c(OC)c(OC)c1. The van der Waals surface area contributed by atoms with Crippen LogP contribution in [0.25, 0.3) is 0 Å². The van der Waals surface area contributed by atoms with Crippen molar-refractivity contribution in [1.82, 2.24) is 5.32 Å². The van der Waals surface area contributed by atoms with Crippen LogP contribution >= 0.6 is 0 Å². The average molecular weight is 316 g/mol. The Bertz CT molecular complexity index is 619. The molecule has 1 amide bonds. The largest absolute Gasteiger partial charge is 0.493 e. The minimum Gasteiger partial charge on any atom is -0.493 e. The van der Waals surface area contributed by atoms with E-state index in [1.54, 1.807) is 30.4 Å². The Morgan fingerprint density at radius 1 is 1.17 bits per heavy atom. The molecule has 6 heteroatoms. The van der Waals surface area contributed by atoms with Crippen LogP contribution in [-0.4, -0.2) is 27.2 Å². The number of amides is 1. The number of nitriles is 1. The Morgan fingerprint density at radius 3 is 2.22 bits per heavy atom. The third-order valence-corrected chi connectivity index (χ3v) is 2.99. The molecule has 0 heterocycles. The Balaban J connectivity index is 3.11. The van der Waals surface area contributed by atoms with Crippen molar-refractivity contribution < 1.29 is 19.0 Å². The molecule has 0 radical (unpaired) electrons. The van der Waals surface area contributed by atoms with E-state index in [4.69, 9.17) is 14.2 Å². The van der Waals surface area contributed by atoms with Crippen LogP contribution in [0.15, 0.2) is 36.4 Å². The summed E-state index contributed by atoms with van der Waals surface area (Å²) < 4.78 is 15.7. The lowest BCUT2D eigenvalue weighted by molar-refractivity contribution is -0.116. The molecule has 6 nitrogen and oxygen atoms in total. The summed E-state index contributed by atoms with van der Waals surface area (Å²) in [6.07, 6.45) is 6.46. The first kappa shape index (κ1) is 18.1. The van der Waals surface area contributed by atoms with E-state index in [1.807, 2.05) is 13.0 Å². The maximum absolute atomic E-state index is 11.8. The number of hydrogen-bond donors (Lipinski definition) is 1. The molecule has 0 aromatic heterocycles. The molecule has 0 aliphatic carbocycles. The zero-order valence-corrected chi connectivity index (χ0v) is 13.6. The van der Waals surface area contributed by atoms with E-state index in [0.717, 1.165) is 0 Å². The average Bonchev–Trinajstić information content (AvgIpc) is 2.58. The lowest BCUT2D eigenvalue weighted by atomic mass is 10.1. The number of ether oxygens (including phenoxy) is 3. The smallest absolute Gasteiger partial charge is 0.245 e. The van der Waals surface area contributed by atoms with Gasteiger partial charge in [-0.1, -0.05) is 18.2 Å². The molecule has 1 atom stereocenters. The van der Waals surface area contributed by atoms with Crippen molar-refractivity contribution in [2.75, 3.05) is 21.3 Å². The predicted molar refractivity (Wildman–Crippen MR) is 86.5 cm³/mol. The van der Waals surface area contributed by atoms with Crippen molar-refractivity contribution in [2.24, 2.45) is 0 Å². The summed E-state index contributed by atoms with van der Waals surface area (Å²) in [5.41, 5.74) is 0.537. The molecule has 1 aromatic carbocycles. The fourth-order valence-electron chi connectivity index (χ4n) is 1.90. The number of methoxy groups -OCH3 is 3. The summed E-state index contributed by atoms with van der Waals surface area (Å²) in [5, 5.41) is 11.9. The van der Waals surface area contributed by atoms with Gasteiger partial charge in [-0.25, -0.2) is 0 Å². The third kappa shape index (κ3) is 4.78. The quantitative estimate of drug-likeness (QED) is 0.617. The normalized spacial score (nSPS) is 12.0. The molecule has 1 aromatic rings. The lowest BCUT2D eigenvalue weighted by Crippen LogP contribution is -2.25. The maximum Gasteiger partial charge on any atom is 0.245 e. The predicted octanol–water partition coefficient (Wildman–Crippen LogP) is 2.53. The van der Waals surface area contributed by atoms with Gasteiger partial charge in [-0.05, 0) is 24.6 Å². The summed E-state index contributed by atoms with van der Waals surface area (Å²) in [5.74, 6) is 0.889. The van der Waals surface area contributed by atoms with E-state index >= 15 is 0 Å². The first-order chi connectivity index (χ1) is 11.1. The van der Waals surface area contributed by atoms with Gasteiger partial charge >= 0.3 is 0 Å². The van der Waals surface area contributed by atoms with Crippen LogP contribution in [0.4, 0.5) is 0 Å². The highest BCUT2D eigenvalue weighted by Gasteiger charge is 2.19. The van der Waals surface area contributed by atoms with Crippen molar-refractivity contribution in [3.8, 4) is 23.3 Å². The monoisotopic (exact) mass is 316 g/mol. The summed E-state index contributed by atoms with van der Waals surface area (Å²) in [6.45, 7) is 1.84. The Morgan fingerprint density at radius 2 is 1.78 bits per heavy atom. The molecule has 0 spiro atoms. The van der Waals surface area contributed by atoms with Crippen LogP contribution in [0.3, 0.4) is 0 Å². The van der Waals surface area contributed by atoms with Crippen LogP contribution in [0.2, 0.25) is 0 Å². The van der Waals surface area contributed by atoms with Crippen LogP contribution in [0.5, 0.6) is 17.2 Å². The molecule has 1 rings (SSSR count). The highest BCUT2D eigenvalue weighted by Crippen LogP contribution is 2.39. The molecule has 122 valence electrons. The third-order valence-electron chi connectivity index (χ3n) is 2.99. The Hall–Kier alpha value is -2.94. The van der Waals surface area contributed by atoms with Crippen molar-refractivity contribution in [3.05, 3.63) is 42.0 Å². The van der Waals surface area contributed by atoms with Gasteiger partial charge < -0.3 is 19.5 Å². The highest BCUT2D eigenvalue weighted by molar-refractivity contribution is 5.88. The molecule has 1 N–H and O–H groups in total. The molecule has 0 aliphatic heterocycles. The number of hydrogen-bond acceptors (Lipinski definition) is 5. The lowest BCUT2D eigenvalue weighted by Gasteiger charge is -2.16. The van der Waals surface area contributed by atoms with Gasteiger partial charge in [0, 0.05) is 6.08 Å². The fourth-order valence-corrected chi connectivity index (χ4v) is 1.90. The Labute approximate surface area is 136 Å². The minimum absolute atomic E-state index is 0.372. The molecular formula is C17H20N2O4. The number of benzene rings is 1. The van der Waals surface area contributed by atoms with Gasteiger partial charge in [0.15, 0.2) is 11.5 Å². The van der Waals surface area contributed by atoms with Gasteiger partial charge in [-0.2, -0.15) is 5.26 Å². The van der Waals surface area contributed by atoms with Gasteiger partial charge in [0.25, 0.3) is 0 Å². The van der Waals surface area contributed by atoms with Crippen LogP contribution in [0, 0.1) is 11.3 Å². The second kappa shape index (κ2) is 9.15. The van der Waals surface area contributed by atoms with Crippen molar-refractivity contribution >= 4 is 5.91 Å². The first-order valence-corrected chi connectivity index (χ1v) is 6.90. The molecule has 23 heavy (non-hydrogen) atoms. The molecular weight excluding hydrogens is 296 g/mol. The molecule has 0 unspecified atom stereocenters. The van der Waals surface area contributed by atoms with E-state index < -0.39 is 6.04 Å². The van der Waals surface area contributed by atoms with Gasteiger partial charge in [-0.15, -0.1) is 0 Å². The second-order valence-corrected chi connectivity index (χ2v) is 4.41. The number of carbonyl (C=O) groups is 1. The van der Waals surface area contributed by atoms with E-state index in [9.17, 15) is 10.1 Å². The number of allylic oxidation sites excluding steroid dienone is 3. The number of carbonyl (C=O) groups excluding carboxylic acids is 1. The summed E-state index contributed by atoms with van der Waals surface area (Å²) in [7, 11) is 4.47. The molecule has 0 saturated heterocycles. The number of nitrogens with zero attached hydrogens (tertiary/aromatic N) is 1. The zero-order chi connectivity index (χ0) is 17.2. The molecule has 0 fully saturated rings. The van der Waals surface area contributed by atoms with E-state index in [0.29, 0.717) is 22.8 Å². The first-order valence-electron chi connectivity index (χ1n) is 6.90. The zero-order valence-electron chi connectivity index (χ0n) is 13.6. The van der Waals surface area contributed by atoms with Crippen LogP contribution in [-0.2, 0) is 4.79 Å². The maximum atomic E-state index is 11.8. The van der Waals surface area contributed by atoms with Crippen LogP contribution < -0.4 is 19.5 Å². The topological polar surface area (TPSA) is 80.6 Å². The minimum atomic E-state index is -0.841. The fraction of sp³-hybridized carbons (Fsp3) is 0.294. The van der Waals surface area contributed by atoms with Gasteiger partial charge in [0.1, 0.15) is 6.04 Å². The molecule has 0 bridgehead atoms. The standard InChI is InChI=1S/C17H20N2O4/c1-5-6-7-8-16(20)19-13(11-18)12-9-14(21-2)17(23-4)15(10-12)22-3/h5-10,13H,1-4H3,(H,19,20)/b6-5+,8-7-/t13-/m0/s1. The summed E-state index contributed by atoms with van der Waals surface area (Å²) in [4.78, 5) is 11.8. The summed E-state index contributed by atoms with van der Waals surface area (Å²) >= 11 is 0. The van der Waals surface area contributed by atoms with Gasteiger partial charge in [-0.3, -0.25) is 4.79 Å². The van der Waals surface area contributed by atoms with Gasteiger partial charge in [0.05, 0.1) is 27.4 Å². The van der Waals surface area contributed by atoms with E-state index in [1.165, 1.54) is 27.4 Å². The van der Waals surface area contributed by atoms with Gasteiger partial charge in [0.2, 0.25) is 11.7 Å². The van der Waals surface area contributed by atoms with Crippen molar-refractivity contribution in [3.63, 3.8) is 0 Å². The number of nitrogens with one attached hydrogen (secondary N) is 1.